The van der Waals surface area contributed by atoms with Gasteiger partial charge in [0.25, 0.3) is 0 Å². The van der Waals surface area contributed by atoms with Gasteiger partial charge in [0.1, 0.15) is 5.69 Å². The molecule has 9 heteroatoms. The summed E-state index contributed by atoms with van der Waals surface area (Å²) in [5, 5.41) is 9.62. The van der Waals surface area contributed by atoms with E-state index in [-0.39, 0.29) is 22.2 Å². The Balaban J connectivity index is 2.40. The molecule has 0 unspecified atom stereocenters. The molecule has 2 N–H and O–H groups in total. The molecule has 23 heavy (non-hydrogen) atoms. The van der Waals surface area contributed by atoms with E-state index < -0.39 is 17.6 Å². The monoisotopic (exact) mass is 346 g/mol. The summed E-state index contributed by atoms with van der Waals surface area (Å²) in [5.41, 5.74) is -2.04. The minimum Gasteiger partial charge on any atom is -0.503 e. The molecule has 1 aromatic heterocycles. The van der Waals surface area contributed by atoms with Crippen LogP contribution in [0.2, 0.25) is 5.02 Å². The number of H-pyrrole nitrogens is 1. The number of phenols is 1. The molecule has 1 heterocycles. The first-order chi connectivity index (χ1) is 10.7. The van der Waals surface area contributed by atoms with Crippen LogP contribution in [-0.4, -0.2) is 22.2 Å². The van der Waals surface area contributed by atoms with E-state index in [1.807, 2.05) is 0 Å². The molecule has 2 aromatic rings. The molecule has 2 rings (SSSR count). The predicted octanol–water partition coefficient (Wildman–Crippen LogP) is 3.33. The number of ether oxygens (including phenoxy) is 1. The average molecular weight is 347 g/mol. The topological polar surface area (TPSA) is 75.2 Å². The number of phenolic OH excluding ortho intramolecular Hbond substituents is 1. The Kier molecular flexibility index (Phi) is 4.65. The second-order valence-electron chi connectivity index (χ2n) is 4.41. The van der Waals surface area contributed by atoms with Gasteiger partial charge in [0, 0.05) is 0 Å². The predicted molar refractivity (Wildman–Crippen MR) is 78.5 cm³/mol. The van der Waals surface area contributed by atoms with Crippen LogP contribution >= 0.6 is 11.6 Å². The third kappa shape index (κ3) is 4.04. The molecular weight excluding hydrogens is 337 g/mol. The number of aromatic hydroxyl groups is 1. The van der Waals surface area contributed by atoms with Crippen molar-refractivity contribution in [3.05, 3.63) is 50.7 Å². The minimum absolute atomic E-state index is 0.0128. The Hall–Kier alpha value is -2.48. The van der Waals surface area contributed by atoms with Crippen molar-refractivity contribution in [2.24, 2.45) is 0 Å². The molecule has 122 valence electrons. The molecular formula is C14H10ClF3N2O3. The van der Waals surface area contributed by atoms with E-state index >= 15 is 0 Å². The molecule has 0 radical (unpaired) electrons. The van der Waals surface area contributed by atoms with Crippen LogP contribution in [0.4, 0.5) is 13.2 Å². The summed E-state index contributed by atoms with van der Waals surface area (Å²) in [7, 11) is 1.33. The van der Waals surface area contributed by atoms with E-state index in [0.717, 1.165) is 0 Å². The number of hydrogen-bond acceptors (Lipinski definition) is 4. The fourth-order valence-corrected chi connectivity index (χ4v) is 1.96. The molecule has 0 atom stereocenters. The Bertz CT molecular complexity index is 816. The highest BCUT2D eigenvalue weighted by Gasteiger charge is 2.32. The molecule has 0 aliphatic heterocycles. The summed E-state index contributed by atoms with van der Waals surface area (Å²) < 4.78 is 42.8. The molecule has 0 amide bonds. The van der Waals surface area contributed by atoms with E-state index in [2.05, 4.69) is 4.98 Å². The first-order valence-electron chi connectivity index (χ1n) is 6.14. The molecule has 0 bridgehead atoms. The zero-order valence-corrected chi connectivity index (χ0v) is 12.4. The summed E-state index contributed by atoms with van der Waals surface area (Å²) >= 11 is 5.81. The zero-order chi connectivity index (χ0) is 17.2. The highest BCUT2D eigenvalue weighted by atomic mass is 35.5. The Labute approximate surface area is 133 Å². The van der Waals surface area contributed by atoms with Crippen LogP contribution in [-0.2, 0) is 6.18 Å². The van der Waals surface area contributed by atoms with Gasteiger partial charge in [0.15, 0.2) is 11.5 Å². The summed E-state index contributed by atoms with van der Waals surface area (Å²) in [6.07, 6.45) is -2.09. The Morgan fingerprint density at radius 3 is 2.61 bits per heavy atom. The number of hydrogen-bond donors (Lipinski definition) is 2. The number of alkyl halides is 3. The lowest BCUT2D eigenvalue weighted by Gasteiger charge is -2.07. The number of nitrogens with zero attached hydrogens (tertiary/aromatic N) is 1. The van der Waals surface area contributed by atoms with Crippen molar-refractivity contribution in [3.63, 3.8) is 0 Å². The first-order valence-corrected chi connectivity index (χ1v) is 6.51. The quantitative estimate of drug-likeness (QED) is 0.894. The zero-order valence-electron chi connectivity index (χ0n) is 11.6. The van der Waals surface area contributed by atoms with E-state index in [1.165, 1.54) is 31.4 Å². The van der Waals surface area contributed by atoms with Gasteiger partial charge < -0.3 is 14.8 Å². The van der Waals surface area contributed by atoms with Gasteiger partial charge in [-0.05, 0) is 29.8 Å². The van der Waals surface area contributed by atoms with Crippen LogP contribution in [0.25, 0.3) is 12.2 Å². The SMILES string of the molecule is COc1cc(C=Cc2cc(C(F)(F)F)[nH]c(=O)n2)cc(Cl)c1O. The number of rotatable bonds is 3. The van der Waals surface area contributed by atoms with Gasteiger partial charge in [-0.2, -0.15) is 18.2 Å². The Morgan fingerprint density at radius 2 is 2.00 bits per heavy atom. The smallest absolute Gasteiger partial charge is 0.431 e. The van der Waals surface area contributed by atoms with E-state index in [9.17, 15) is 23.1 Å². The molecule has 5 nitrogen and oxygen atoms in total. The summed E-state index contributed by atoms with van der Waals surface area (Å²) in [6, 6.07) is 3.51. The van der Waals surface area contributed by atoms with Crippen molar-refractivity contribution >= 4 is 23.8 Å². The van der Waals surface area contributed by atoms with Crippen LogP contribution in [0.15, 0.2) is 23.0 Å². The minimum atomic E-state index is -4.68. The van der Waals surface area contributed by atoms with Crippen molar-refractivity contribution < 1.29 is 23.0 Å². The highest BCUT2D eigenvalue weighted by Crippen LogP contribution is 2.35. The average Bonchev–Trinajstić information content (AvgIpc) is 2.47. The fraction of sp³-hybridized carbons (Fsp3) is 0.143. The molecule has 0 saturated carbocycles. The molecule has 0 aliphatic carbocycles. The fourth-order valence-electron chi connectivity index (χ4n) is 1.74. The first kappa shape index (κ1) is 16.9. The van der Waals surface area contributed by atoms with Crippen molar-refractivity contribution in [3.8, 4) is 11.5 Å². The number of methoxy groups -OCH3 is 1. The lowest BCUT2D eigenvalue weighted by molar-refractivity contribution is -0.141. The maximum Gasteiger partial charge on any atom is 0.431 e. The molecule has 0 saturated heterocycles. The number of halogens is 4. The van der Waals surface area contributed by atoms with Gasteiger partial charge in [-0.25, -0.2) is 4.79 Å². The summed E-state index contributed by atoms with van der Waals surface area (Å²) in [5.74, 6) is -0.146. The maximum atomic E-state index is 12.6. The lowest BCUT2D eigenvalue weighted by atomic mass is 10.1. The molecule has 1 aromatic carbocycles. The second kappa shape index (κ2) is 6.33. The summed E-state index contributed by atoms with van der Waals surface area (Å²) in [6.45, 7) is 0. The molecule has 0 spiro atoms. The van der Waals surface area contributed by atoms with Gasteiger partial charge in [-0.15, -0.1) is 0 Å². The standard InChI is InChI=1S/C14H10ClF3N2O3/c1-23-10-5-7(4-9(15)12(10)21)2-3-8-6-11(14(16,17)18)20-13(22)19-8/h2-6,21H,1H3,(H,19,20,22). The van der Waals surface area contributed by atoms with Crippen molar-refractivity contribution in [1.82, 2.24) is 9.97 Å². The van der Waals surface area contributed by atoms with Crippen molar-refractivity contribution in [2.75, 3.05) is 7.11 Å². The van der Waals surface area contributed by atoms with Gasteiger partial charge in [-0.1, -0.05) is 17.7 Å². The highest BCUT2D eigenvalue weighted by molar-refractivity contribution is 6.32. The van der Waals surface area contributed by atoms with E-state index in [4.69, 9.17) is 16.3 Å². The third-order valence-electron chi connectivity index (χ3n) is 2.79. The number of aromatic amines is 1. The molecule has 0 fully saturated rings. The van der Waals surface area contributed by atoms with Crippen LogP contribution in [0, 0.1) is 0 Å². The summed E-state index contributed by atoms with van der Waals surface area (Å²) in [4.78, 5) is 16.2. The van der Waals surface area contributed by atoms with E-state index in [1.54, 1.807) is 4.98 Å². The third-order valence-corrected chi connectivity index (χ3v) is 3.08. The number of benzene rings is 1. The van der Waals surface area contributed by atoms with Crippen LogP contribution in [0.5, 0.6) is 11.5 Å². The number of nitrogens with one attached hydrogen (secondary N) is 1. The van der Waals surface area contributed by atoms with Crippen molar-refractivity contribution in [2.45, 2.75) is 6.18 Å². The normalized spacial score (nSPS) is 11.9. The lowest BCUT2D eigenvalue weighted by Crippen LogP contribution is -2.19. The van der Waals surface area contributed by atoms with Gasteiger partial charge >= 0.3 is 11.9 Å². The van der Waals surface area contributed by atoms with Gasteiger partial charge in [-0.3, -0.25) is 0 Å². The van der Waals surface area contributed by atoms with Crippen molar-refractivity contribution in [1.29, 1.82) is 0 Å². The van der Waals surface area contributed by atoms with Crippen LogP contribution in [0.1, 0.15) is 17.0 Å². The maximum absolute atomic E-state index is 12.6. The number of aromatic nitrogens is 2. The van der Waals surface area contributed by atoms with Crippen LogP contribution < -0.4 is 10.4 Å². The largest absolute Gasteiger partial charge is 0.503 e. The molecule has 0 aliphatic rings. The van der Waals surface area contributed by atoms with Gasteiger partial charge in [0.05, 0.1) is 17.8 Å². The second-order valence-corrected chi connectivity index (χ2v) is 4.82. The Morgan fingerprint density at radius 1 is 1.30 bits per heavy atom. The van der Waals surface area contributed by atoms with E-state index in [0.29, 0.717) is 11.6 Å². The van der Waals surface area contributed by atoms with Crippen LogP contribution in [0.3, 0.4) is 0 Å². The van der Waals surface area contributed by atoms with Gasteiger partial charge in [0.2, 0.25) is 0 Å².